The molecule has 0 saturated carbocycles. The Labute approximate surface area is 214 Å². The molecule has 192 valence electrons. The molecule has 0 aliphatic heterocycles. The predicted molar refractivity (Wildman–Crippen MR) is 134 cm³/mol. The van der Waals surface area contributed by atoms with E-state index in [4.69, 9.17) is 4.74 Å². The van der Waals surface area contributed by atoms with Crippen molar-refractivity contribution < 1.29 is 18.3 Å². The predicted octanol–water partition coefficient (Wildman–Crippen LogP) is 3.41. The number of hydrogen-bond donors (Lipinski definition) is 3. The number of carbonyl (C=O) groups is 1. The van der Waals surface area contributed by atoms with Gasteiger partial charge in [0.15, 0.2) is 5.82 Å². The Bertz CT molecular complexity index is 1580. The van der Waals surface area contributed by atoms with Crippen molar-refractivity contribution in [2.24, 2.45) is 0 Å². The van der Waals surface area contributed by atoms with E-state index in [1.54, 1.807) is 24.7 Å². The molecule has 6 rings (SSSR count). The number of hydrogen-bond acceptors (Lipinski definition) is 8. The van der Waals surface area contributed by atoms with Crippen LogP contribution in [0.2, 0.25) is 0 Å². The number of H-pyrrole nitrogens is 1. The minimum Gasteiger partial charge on any atom is -0.487 e. The molecule has 0 bridgehead atoms. The lowest BCUT2D eigenvalue weighted by atomic mass is 10.1. The lowest BCUT2D eigenvalue weighted by molar-refractivity contribution is 0.0804. The fourth-order valence-electron chi connectivity index (χ4n) is 4.39. The molecule has 5 aromatic rings. The van der Waals surface area contributed by atoms with E-state index in [9.17, 15) is 13.6 Å². The van der Waals surface area contributed by atoms with E-state index in [-0.39, 0.29) is 23.2 Å². The molecule has 3 N–H and O–H groups in total. The molecule has 0 unspecified atom stereocenters. The van der Waals surface area contributed by atoms with Crippen LogP contribution in [0.5, 0.6) is 5.75 Å². The van der Waals surface area contributed by atoms with E-state index >= 15 is 0 Å². The Kier molecular flexibility index (Phi) is 6.08. The summed E-state index contributed by atoms with van der Waals surface area (Å²) in [5.74, 6) is 0.121. The van der Waals surface area contributed by atoms with Crippen LogP contribution in [0.15, 0.2) is 61.1 Å². The van der Waals surface area contributed by atoms with Gasteiger partial charge in [-0.1, -0.05) is 24.3 Å². The van der Waals surface area contributed by atoms with E-state index < -0.39 is 18.9 Å². The summed E-state index contributed by atoms with van der Waals surface area (Å²) in [7, 11) is 0. The molecular formula is C25H21F2N9O2. The van der Waals surface area contributed by atoms with Crippen LogP contribution in [0.25, 0.3) is 16.7 Å². The molecule has 0 spiro atoms. The number of carbonyl (C=O) groups excluding carboxylic acids is 1. The minimum absolute atomic E-state index is 0.0226. The summed E-state index contributed by atoms with van der Waals surface area (Å²) < 4.78 is 32.1. The number of nitrogens with zero attached hydrogens (tertiary/aromatic N) is 6. The van der Waals surface area contributed by atoms with Gasteiger partial charge in [-0.25, -0.2) is 23.4 Å². The fraction of sp³-hybridized carbons (Fsp3) is 0.200. The lowest BCUT2D eigenvalue weighted by Gasteiger charge is -2.12. The summed E-state index contributed by atoms with van der Waals surface area (Å²) >= 11 is 0. The third-order valence-corrected chi connectivity index (χ3v) is 6.14. The van der Waals surface area contributed by atoms with Crippen LogP contribution < -0.4 is 15.4 Å². The number of aromatic amines is 1. The average molecular weight is 518 g/mol. The van der Waals surface area contributed by atoms with Gasteiger partial charge in [0.05, 0.1) is 18.0 Å². The largest absolute Gasteiger partial charge is 0.487 e. The van der Waals surface area contributed by atoms with Gasteiger partial charge in [0, 0.05) is 24.4 Å². The summed E-state index contributed by atoms with van der Waals surface area (Å²) in [5.41, 5.74) is 4.05. The second-order valence-electron chi connectivity index (χ2n) is 8.75. The Morgan fingerprint density at radius 2 is 1.79 bits per heavy atom. The fourth-order valence-corrected chi connectivity index (χ4v) is 4.39. The minimum atomic E-state index is -2.70. The lowest BCUT2D eigenvalue weighted by Crippen LogP contribution is -2.21. The Hall–Kier alpha value is -4.94. The first-order valence-corrected chi connectivity index (χ1v) is 11.8. The zero-order valence-corrected chi connectivity index (χ0v) is 19.8. The normalized spacial score (nSPS) is 13.1. The molecule has 3 heterocycles. The van der Waals surface area contributed by atoms with Crippen LogP contribution in [0.4, 0.5) is 20.5 Å². The molecule has 0 radical (unpaired) electrons. The van der Waals surface area contributed by atoms with Crippen molar-refractivity contribution in [2.75, 3.05) is 17.2 Å². The number of amides is 1. The maximum Gasteiger partial charge on any atom is 0.272 e. The number of aromatic nitrogens is 7. The quantitative estimate of drug-likeness (QED) is 0.285. The van der Waals surface area contributed by atoms with Gasteiger partial charge in [-0.3, -0.25) is 4.79 Å². The first-order valence-electron chi connectivity index (χ1n) is 11.8. The highest BCUT2D eigenvalue weighted by Gasteiger charge is 2.22. The molecule has 1 amide bonds. The number of alkyl halides is 2. The van der Waals surface area contributed by atoms with E-state index in [1.165, 1.54) is 27.9 Å². The first-order chi connectivity index (χ1) is 18.5. The van der Waals surface area contributed by atoms with Crippen molar-refractivity contribution in [1.82, 2.24) is 35.2 Å². The van der Waals surface area contributed by atoms with Crippen LogP contribution in [0.1, 0.15) is 21.5 Å². The molecular weight excluding hydrogens is 496 g/mol. The number of anilines is 2. The standard InChI is InChI=1S/C25H21F2N9O2/c26-22(27)13-38-21-10-20-19(32-35-33-20)9-18(21)24(37)31-23-5-6-36(34-23)17-11-28-25(29-12-17)30-16-7-14-3-1-2-4-15(14)8-16/h1-6,9-12,16,22H,7-8,13H2,(H,28,29,30)(H,31,34,37)(H,32,33,35). The SMILES string of the molecule is O=C(Nc1ccn(-c2cnc(NC3Cc4ccccc4C3)nc2)n1)c1cc2n[nH]nc2cc1OCC(F)F. The van der Waals surface area contributed by atoms with Crippen LogP contribution in [-0.2, 0) is 12.8 Å². The monoisotopic (exact) mass is 517 g/mol. The summed E-state index contributed by atoms with van der Waals surface area (Å²) in [6, 6.07) is 13.0. The van der Waals surface area contributed by atoms with Crippen molar-refractivity contribution >= 4 is 28.7 Å². The topological polar surface area (TPSA) is 136 Å². The molecule has 0 fully saturated rings. The van der Waals surface area contributed by atoms with Crippen molar-refractivity contribution in [3.05, 3.63) is 77.7 Å². The Morgan fingerprint density at radius 1 is 1.08 bits per heavy atom. The third-order valence-electron chi connectivity index (χ3n) is 6.14. The van der Waals surface area contributed by atoms with Gasteiger partial charge in [-0.05, 0) is 30.0 Å². The molecule has 13 heteroatoms. The molecule has 11 nitrogen and oxygen atoms in total. The first kappa shape index (κ1) is 23.5. The molecule has 0 saturated heterocycles. The smallest absolute Gasteiger partial charge is 0.272 e. The highest BCUT2D eigenvalue weighted by Crippen LogP contribution is 2.26. The maximum absolute atomic E-state index is 13.0. The molecule has 3 aromatic heterocycles. The van der Waals surface area contributed by atoms with Gasteiger partial charge in [0.2, 0.25) is 5.95 Å². The van der Waals surface area contributed by atoms with Gasteiger partial charge in [-0.15, -0.1) is 5.10 Å². The maximum atomic E-state index is 13.0. The van der Waals surface area contributed by atoms with Gasteiger partial charge in [0.1, 0.15) is 29.1 Å². The molecule has 1 aliphatic rings. The summed E-state index contributed by atoms with van der Waals surface area (Å²) in [5, 5.41) is 20.6. The van der Waals surface area contributed by atoms with Gasteiger partial charge in [0.25, 0.3) is 12.3 Å². The van der Waals surface area contributed by atoms with E-state index in [2.05, 4.69) is 53.2 Å². The van der Waals surface area contributed by atoms with Crippen LogP contribution >= 0.6 is 0 Å². The second kappa shape index (κ2) is 9.84. The number of benzene rings is 2. The van der Waals surface area contributed by atoms with Gasteiger partial charge < -0.3 is 15.4 Å². The summed E-state index contributed by atoms with van der Waals surface area (Å²) in [6.07, 6.45) is 4.04. The molecule has 0 atom stereocenters. The van der Waals surface area contributed by atoms with E-state index in [0.717, 1.165) is 12.8 Å². The number of rotatable bonds is 8. The zero-order chi connectivity index (χ0) is 26.1. The van der Waals surface area contributed by atoms with Crippen molar-refractivity contribution in [1.29, 1.82) is 0 Å². The van der Waals surface area contributed by atoms with Crippen LogP contribution in [0, 0.1) is 0 Å². The highest BCUT2D eigenvalue weighted by atomic mass is 19.3. The van der Waals surface area contributed by atoms with Crippen molar-refractivity contribution in [3.8, 4) is 11.4 Å². The Balaban J connectivity index is 1.13. The van der Waals surface area contributed by atoms with E-state index in [0.29, 0.717) is 22.7 Å². The van der Waals surface area contributed by atoms with Crippen molar-refractivity contribution in [2.45, 2.75) is 25.3 Å². The van der Waals surface area contributed by atoms with Crippen LogP contribution in [-0.4, -0.2) is 60.1 Å². The average Bonchev–Trinajstić information content (AvgIpc) is 3.66. The Morgan fingerprint density at radius 3 is 2.50 bits per heavy atom. The number of ether oxygens (including phenoxy) is 1. The number of halogens is 2. The second-order valence-corrected chi connectivity index (χ2v) is 8.75. The summed E-state index contributed by atoms with van der Waals surface area (Å²) in [6.45, 7) is -0.864. The van der Waals surface area contributed by atoms with Crippen LogP contribution in [0.3, 0.4) is 0 Å². The van der Waals surface area contributed by atoms with Gasteiger partial charge >= 0.3 is 0 Å². The van der Waals surface area contributed by atoms with E-state index in [1.807, 2.05) is 12.1 Å². The third kappa shape index (κ3) is 4.85. The van der Waals surface area contributed by atoms with Gasteiger partial charge in [-0.2, -0.15) is 15.4 Å². The van der Waals surface area contributed by atoms with Crippen molar-refractivity contribution in [3.63, 3.8) is 0 Å². The number of nitrogens with one attached hydrogen (secondary N) is 3. The number of fused-ring (bicyclic) bond motifs is 2. The molecule has 38 heavy (non-hydrogen) atoms. The zero-order valence-electron chi connectivity index (χ0n) is 19.8. The highest BCUT2D eigenvalue weighted by molar-refractivity contribution is 6.07. The molecule has 2 aromatic carbocycles. The summed E-state index contributed by atoms with van der Waals surface area (Å²) in [4.78, 5) is 21.8. The molecule has 1 aliphatic carbocycles.